The molecule has 0 bridgehead atoms. The van der Waals surface area contributed by atoms with Crippen LogP contribution < -0.4 is 5.32 Å². The lowest BCUT2D eigenvalue weighted by Crippen LogP contribution is -2.11. The van der Waals surface area contributed by atoms with Crippen LogP contribution in [0.5, 0.6) is 0 Å². The summed E-state index contributed by atoms with van der Waals surface area (Å²) in [6.07, 6.45) is 2.84. The molecule has 0 radical (unpaired) electrons. The SMILES string of the molecule is CC(Nc1ncc(C(=O)O)cc1Cl)c1ncn(C)n1. The molecule has 100 valence electrons. The number of rotatable bonds is 4. The molecule has 0 aliphatic carbocycles. The van der Waals surface area contributed by atoms with Gasteiger partial charge in [0.25, 0.3) is 0 Å². The van der Waals surface area contributed by atoms with Gasteiger partial charge in [-0.05, 0) is 13.0 Å². The van der Waals surface area contributed by atoms with Crippen LogP contribution in [0.15, 0.2) is 18.6 Å². The predicted octanol–water partition coefficient (Wildman–Crippen LogP) is 1.73. The van der Waals surface area contributed by atoms with E-state index in [4.69, 9.17) is 16.7 Å². The van der Waals surface area contributed by atoms with Crippen LogP contribution in [0, 0.1) is 0 Å². The zero-order valence-electron chi connectivity index (χ0n) is 10.3. The van der Waals surface area contributed by atoms with E-state index < -0.39 is 5.97 Å². The Hall–Kier alpha value is -2.15. The van der Waals surface area contributed by atoms with E-state index in [0.717, 1.165) is 0 Å². The average molecular weight is 282 g/mol. The largest absolute Gasteiger partial charge is 0.478 e. The van der Waals surface area contributed by atoms with E-state index in [1.165, 1.54) is 12.3 Å². The first-order chi connectivity index (χ1) is 8.97. The highest BCUT2D eigenvalue weighted by Gasteiger charge is 2.14. The summed E-state index contributed by atoms with van der Waals surface area (Å²) in [5.41, 5.74) is 0.0409. The summed E-state index contributed by atoms with van der Waals surface area (Å²) in [5.74, 6) is -0.0744. The number of aryl methyl sites for hydroxylation is 1. The number of anilines is 1. The Balaban J connectivity index is 2.17. The standard InChI is InChI=1S/C11H12ClN5O2/c1-6(9-14-5-17(2)16-9)15-10-8(12)3-7(4-13-10)11(18)19/h3-6H,1-2H3,(H,13,15)(H,18,19). The van der Waals surface area contributed by atoms with Crippen LogP contribution in [0.25, 0.3) is 0 Å². The highest BCUT2D eigenvalue weighted by atomic mass is 35.5. The maximum atomic E-state index is 10.8. The van der Waals surface area contributed by atoms with Crippen molar-refractivity contribution < 1.29 is 9.90 Å². The van der Waals surface area contributed by atoms with Gasteiger partial charge in [0.1, 0.15) is 12.1 Å². The van der Waals surface area contributed by atoms with Gasteiger partial charge in [0.15, 0.2) is 5.82 Å². The van der Waals surface area contributed by atoms with Crippen molar-refractivity contribution in [1.82, 2.24) is 19.7 Å². The maximum Gasteiger partial charge on any atom is 0.337 e. The van der Waals surface area contributed by atoms with Crippen molar-refractivity contribution in [3.8, 4) is 0 Å². The molecule has 0 amide bonds. The van der Waals surface area contributed by atoms with Crippen LogP contribution in [-0.2, 0) is 7.05 Å². The van der Waals surface area contributed by atoms with Crippen LogP contribution in [0.2, 0.25) is 5.02 Å². The van der Waals surface area contributed by atoms with Gasteiger partial charge in [-0.15, -0.1) is 0 Å². The van der Waals surface area contributed by atoms with Crippen molar-refractivity contribution in [3.05, 3.63) is 35.0 Å². The first-order valence-corrected chi connectivity index (χ1v) is 5.86. The Bertz CT molecular complexity index is 613. The Kier molecular flexibility index (Phi) is 3.66. The number of hydrogen-bond donors (Lipinski definition) is 2. The average Bonchev–Trinajstić information content (AvgIpc) is 2.78. The molecule has 0 aliphatic rings. The number of carbonyl (C=O) groups is 1. The minimum atomic E-state index is -1.07. The van der Waals surface area contributed by atoms with E-state index in [1.807, 2.05) is 6.92 Å². The molecule has 2 N–H and O–H groups in total. The third-order valence-corrected chi connectivity index (χ3v) is 2.73. The first-order valence-electron chi connectivity index (χ1n) is 5.48. The number of nitrogens with zero attached hydrogens (tertiary/aromatic N) is 4. The maximum absolute atomic E-state index is 10.8. The molecule has 1 unspecified atom stereocenters. The summed E-state index contributed by atoms with van der Waals surface area (Å²) in [6.45, 7) is 1.86. The van der Waals surface area contributed by atoms with Gasteiger partial charge in [-0.25, -0.2) is 14.8 Å². The second-order valence-corrected chi connectivity index (χ2v) is 4.41. The summed E-state index contributed by atoms with van der Waals surface area (Å²) in [4.78, 5) is 18.9. The van der Waals surface area contributed by atoms with E-state index in [1.54, 1.807) is 18.1 Å². The molecular weight excluding hydrogens is 270 g/mol. The number of nitrogens with one attached hydrogen (secondary N) is 1. The molecule has 2 aromatic rings. The molecule has 1 atom stereocenters. The van der Waals surface area contributed by atoms with Crippen LogP contribution >= 0.6 is 11.6 Å². The second-order valence-electron chi connectivity index (χ2n) is 4.00. The molecule has 0 spiro atoms. The number of halogens is 1. The fourth-order valence-electron chi connectivity index (χ4n) is 1.49. The normalized spacial score (nSPS) is 12.2. The zero-order chi connectivity index (χ0) is 14.0. The van der Waals surface area contributed by atoms with Crippen LogP contribution in [0.3, 0.4) is 0 Å². The second kappa shape index (κ2) is 5.23. The summed E-state index contributed by atoms with van der Waals surface area (Å²) < 4.78 is 1.59. The van der Waals surface area contributed by atoms with E-state index >= 15 is 0 Å². The molecule has 7 nitrogen and oxygen atoms in total. The monoisotopic (exact) mass is 281 g/mol. The van der Waals surface area contributed by atoms with Crippen molar-refractivity contribution in [2.24, 2.45) is 7.05 Å². The van der Waals surface area contributed by atoms with Gasteiger partial charge in [0, 0.05) is 13.2 Å². The van der Waals surface area contributed by atoms with Gasteiger partial charge in [-0.1, -0.05) is 11.6 Å². The van der Waals surface area contributed by atoms with Gasteiger partial charge in [-0.2, -0.15) is 5.10 Å². The summed E-state index contributed by atoms with van der Waals surface area (Å²) in [6, 6.07) is 1.15. The van der Waals surface area contributed by atoms with Crippen molar-refractivity contribution in [1.29, 1.82) is 0 Å². The summed E-state index contributed by atoms with van der Waals surface area (Å²) in [7, 11) is 1.77. The lowest BCUT2D eigenvalue weighted by atomic mass is 10.2. The molecule has 2 rings (SSSR count). The molecule has 0 saturated carbocycles. The minimum Gasteiger partial charge on any atom is -0.478 e. The van der Waals surface area contributed by atoms with E-state index in [-0.39, 0.29) is 16.6 Å². The third kappa shape index (κ3) is 3.00. The quantitative estimate of drug-likeness (QED) is 0.886. The van der Waals surface area contributed by atoms with Crippen LogP contribution in [-0.4, -0.2) is 30.8 Å². The zero-order valence-corrected chi connectivity index (χ0v) is 11.1. The molecule has 2 heterocycles. The number of aromatic nitrogens is 4. The Morgan fingerprint density at radius 3 is 2.79 bits per heavy atom. The van der Waals surface area contributed by atoms with Crippen molar-refractivity contribution in [2.45, 2.75) is 13.0 Å². The first kappa shape index (κ1) is 13.3. The molecular formula is C11H12ClN5O2. The predicted molar refractivity (Wildman–Crippen MR) is 69.2 cm³/mol. The van der Waals surface area contributed by atoms with E-state index in [2.05, 4.69) is 20.4 Å². The summed E-state index contributed by atoms with van der Waals surface area (Å²) in [5, 5.41) is 16.3. The van der Waals surface area contributed by atoms with Gasteiger partial charge in [0.2, 0.25) is 0 Å². The highest BCUT2D eigenvalue weighted by Crippen LogP contribution is 2.23. The fourth-order valence-corrected chi connectivity index (χ4v) is 1.71. The molecule has 8 heteroatoms. The van der Waals surface area contributed by atoms with Gasteiger partial charge in [0.05, 0.1) is 16.6 Å². The number of hydrogen-bond acceptors (Lipinski definition) is 5. The molecule has 0 aromatic carbocycles. The topological polar surface area (TPSA) is 92.9 Å². The highest BCUT2D eigenvalue weighted by molar-refractivity contribution is 6.33. The lowest BCUT2D eigenvalue weighted by molar-refractivity contribution is 0.0696. The number of carboxylic acid groups (broad SMARTS) is 1. The minimum absolute atomic E-state index is 0.0409. The van der Waals surface area contributed by atoms with Crippen LogP contribution in [0.1, 0.15) is 29.1 Å². The molecule has 0 aliphatic heterocycles. The van der Waals surface area contributed by atoms with Gasteiger partial charge < -0.3 is 10.4 Å². The number of carboxylic acids is 1. The molecule has 2 aromatic heterocycles. The smallest absolute Gasteiger partial charge is 0.337 e. The number of pyridine rings is 1. The molecule has 0 fully saturated rings. The van der Waals surface area contributed by atoms with Crippen molar-refractivity contribution in [2.75, 3.05) is 5.32 Å². The molecule has 0 saturated heterocycles. The summed E-state index contributed by atoms with van der Waals surface area (Å²) >= 11 is 5.98. The van der Waals surface area contributed by atoms with Crippen molar-refractivity contribution in [3.63, 3.8) is 0 Å². The van der Waals surface area contributed by atoms with Crippen molar-refractivity contribution >= 4 is 23.4 Å². The van der Waals surface area contributed by atoms with Gasteiger partial charge >= 0.3 is 5.97 Å². The Labute approximate surface area is 114 Å². The third-order valence-electron chi connectivity index (χ3n) is 2.45. The lowest BCUT2D eigenvalue weighted by Gasteiger charge is -2.12. The van der Waals surface area contributed by atoms with Crippen LogP contribution in [0.4, 0.5) is 5.82 Å². The van der Waals surface area contributed by atoms with Gasteiger partial charge in [-0.3, -0.25) is 4.68 Å². The Morgan fingerprint density at radius 1 is 1.53 bits per heavy atom. The Morgan fingerprint density at radius 2 is 2.26 bits per heavy atom. The molecule has 19 heavy (non-hydrogen) atoms. The fraction of sp³-hybridized carbons (Fsp3) is 0.273. The van der Waals surface area contributed by atoms with E-state index in [0.29, 0.717) is 11.6 Å². The number of aromatic carboxylic acids is 1. The van der Waals surface area contributed by atoms with E-state index in [9.17, 15) is 4.79 Å².